The molecule has 0 amide bonds. The van der Waals surface area contributed by atoms with Gasteiger partial charge in [0, 0.05) is 25.0 Å². The number of anilines is 2. The number of nitrogens with zero attached hydrogens (tertiary/aromatic N) is 1. The van der Waals surface area contributed by atoms with E-state index < -0.39 is 16.1 Å². The minimum absolute atomic E-state index is 0.0126. The standard InChI is InChI=1S/C11H19N3O3S/c1-8(15)3-4-14(2)10-5-9(12)6-11(7-10)18(13,16)17/h5-8,15H,3-4,12H2,1-2H3,(H2,13,16,17). The Hall–Kier alpha value is -1.31. The third-order valence-electron chi connectivity index (χ3n) is 2.57. The molecule has 0 spiro atoms. The Morgan fingerprint density at radius 3 is 2.50 bits per heavy atom. The molecule has 0 heterocycles. The quantitative estimate of drug-likeness (QED) is 0.660. The number of sulfonamides is 1. The van der Waals surface area contributed by atoms with Crippen molar-refractivity contribution in [2.75, 3.05) is 24.2 Å². The molecule has 0 saturated carbocycles. The minimum atomic E-state index is -3.77. The molecule has 0 aliphatic rings. The molecule has 102 valence electrons. The van der Waals surface area contributed by atoms with E-state index in [9.17, 15) is 13.5 Å². The number of primary sulfonamides is 1. The summed E-state index contributed by atoms with van der Waals surface area (Å²) in [5.41, 5.74) is 6.64. The van der Waals surface area contributed by atoms with Gasteiger partial charge in [-0.15, -0.1) is 0 Å². The van der Waals surface area contributed by atoms with E-state index >= 15 is 0 Å². The Kier molecular flexibility index (Phi) is 4.55. The van der Waals surface area contributed by atoms with E-state index in [0.29, 0.717) is 24.3 Å². The molecule has 1 atom stereocenters. The highest BCUT2D eigenvalue weighted by Crippen LogP contribution is 2.22. The van der Waals surface area contributed by atoms with Crippen LogP contribution in [-0.2, 0) is 10.0 Å². The second-order valence-corrected chi connectivity index (χ2v) is 5.93. The number of nitrogens with two attached hydrogens (primary N) is 2. The summed E-state index contributed by atoms with van der Waals surface area (Å²) >= 11 is 0. The third kappa shape index (κ3) is 4.17. The Morgan fingerprint density at radius 1 is 1.39 bits per heavy atom. The topological polar surface area (TPSA) is 110 Å². The van der Waals surface area contributed by atoms with Crippen LogP contribution >= 0.6 is 0 Å². The highest BCUT2D eigenvalue weighted by atomic mass is 32.2. The largest absolute Gasteiger partial charge is 0.399 e. The lowest BCUT2D eigenvalue weighted by atomic mass is 10.2. The molecule has 18 heavy (non-hydrogen) atoms. The molecule has 0 fully saturated rings. The number of aliphatic hydroxyl groups is 1. The van der Waals surface area contributed by atoms with E-state index in [1.165, 1.54) is 12.1 Å². The molecule has 6 nitrogen and oxygen atoms in total. The molecule has 0 aliphatic heterocycles. The normalized spacial score (nSPS) is 13.3. The van der Waals surface area contributed by atoms with Crippen LogP contribution in [0.25, 0.3) is 0 Å². The molecule has 0 bridgehead atoms. The van der Waals surface area contributed by atoms with Gasteiger partial charge in [0.05, 0.1) is 11.0 Å². The lowest BCUT2D eigenvalue weighted by molar-refractivity contribution is 0.187. The summed E-state index contributed by atoms with van der Waals surface area (Å²) < 4.78 is 22.6. The highest BCUT2D eigenvalue weighted by molar-refractivity contribution is 7.89. The van der Waals surface area contributed by atoms with Crippen LogP contribution in [0.15, 0.2) is 23.1 Å². The van der Waals surface area contributed by atoms with Crippen LogP contribution in [0.2, 0.25) is 0 Å². The maximum atomic E-state index is 11.3. The van der Waals surface area contributed by atoms with Crippen LogP contribution in [-0.4, -0.2) is 33.2 Å². The first kappa shape index (κ1) is 14.7. The molecule has 1 rings (SSSR count). The van der Waals surface area contributed by atoms with Crippen LogP contribution in [0.1, 0.15) is 13.3 Å². The maximum Gasteiger partial charge on any atom is 0.238 e. The van der Waals surface area contributed by atoms with Crippen LogP contribution in [0.4, 0.5) is 11.4 Å². The van der Waals surface area contributed by atoms with Gasteiger partial charge in [-0.05, 0) is 31.5 Å². The number of hydrogen-bond acceptors (Lipinski definition) is 5. The van der Waals surface area contributed by atoms with E-state index in [-0.39, 0.29) is 4.90 Å². The summed E-state index contributed by atoms with van der Waals surface area (Å²) in [4.78, 5) is 1.80. The molecular formula is C11H19N3O3S. The summed E-state index contributed by atoms with van der Waals surface area (Å²) in [5.74, 6) is 0. The lowest BCUT2D eigenvalue weighted by Gasteiger charge is -2.21. The second kappa shape index (κ2) is 5.55. The zero-order valence-electron chi connectivity index (χ0n) is 10.5. The zero-order chi connectivity index (χ0) is 13.9. The molecule has 0 aromatic heterocycles. The predicted molar refractivity (Wildman–Crippen MR) is 71.8 cm³/mol. The number of rotatable bonds is 5. The Labute approximate surface area is 107 Å². The molecule has 1 aromatic rings. The van der Waals surface area contributed by atoms with Gasteiger partial charge >= 0.3 is 0 Å². The summed E-state index contributed by atoms with van der Waals surface area (Å²) in [6.07, 6.45) is 0.168. The van der Waals surface area contributed by atoms with Gasteiger partial charge in [-0.25, -0.2) is 13.6 Å². The number of benzene rings is 1. The number of nitrogen functional groups attached to an aromatic ring is 1. The van der Waals surface area contributed by atoms with Gasteiger partial charge in [0.15, 0.2) is 0 Å². The highest BCUT2D eigenvalue weighted by Gasteiger charge is 2.12. The first-order valence-electron chi connectivity index (χ1n) is 5.52. The van der Waals surface area contributed by atoms with Crippen LogP contribution < -0.4 is 15.8 Å². The first-order valence-corrected chi connectivity index (χ1v) is 7.07. The van der Waals surface area contributed by atoms with E-state index in [1.807, 2.05) is 4.90 Å². The molecule has 1 aromatic carbocycles. The molecule has 0 radical (unpaired) electrons. The van der Waals surface area contributed by atoms with Crippen molar-refractivity contribution in [2.24, 2.45) is 5.14 Å². The van der Waals surface area contributed by atoms with Gasteiger partial charge in [-0.3, -0.25) is 0 Å². The van der Waals surface area contributed by atoms with E-state index in [1.54, 1.807) is 20.0 Å². The maximum absolute atomic E-state index is 11.3. The molecule has 0 saturated heterocycles. The fourth-order valence-electron chi connectivity index (χ4n) is 1.50. The van der Waals surface area contributed by atoms with E-state index in [2.05, 4.69) is 0 Å². The van der Waals surface area contributed by atoms with Crippen LogP contribution in [0.5, 0.6) is 0 Å². The SMILES string of the molecule is CC(O)CCN(C)c1cc(N)cc(S(N)(=O)=O)c1. The van der Waals surface area contributed by atoms with Crippen molar-refractivity contribution in [2.45, 2.75) is 24.3 Å². The minimum Gasteiger partial charge on any atom is -0.399 e. The van der Waals surface area contributed by atoms with Crippen molar-refractivity contribution in [3.8, 4) is 0 Å². The Balaban J connectivity index is 2.99. The Morgan fingerprint density at radius 2 is 2.00 bits per heavy atom. The van der Waals surface area contributed by atoms with Crippen LogP contribution in [0.3, 0.4) is 0 Å². The van der Waals surface area contributed by atoms with Gasteiger partial charge in [0.25, 0.3) is 0 Å². The van der Waals surface area contributed by atoms with Crippen LogP contribution in [0, 0.1) is 0 Å². The monoisotopic (exact) mass is 273 g/mol. The van der Waals surface area contributed by atoms with Gasteiger partial charge in [0.1, 0.15) is 0 Å². The molecule has 7 heteroatoms. The summed E-state index contributed by atoms with van der Waals surface area (Å²) in [5, 5.41) is 14.3. The summed E-state index contributed by atoms with van der Waals surface area (Å²) in [6, 6.07) is 4.45. The van der Waals surface area contributed by atoms with Gasteiger partial charge < -0.3 is 15.7 Å². The fourth-order valence-corrected chi connectivity index (χ4v) is 2.09. The van der Waals surface area contributed by atoms with Crippen molar-refractivity contribution in [1.29, 1.82) is 0 Å². The number of hydrogen-bond donors (Lipinski definition) is 3. The fraction of sp³-hybridized carbons (Fsp3) is 0.455. The third-order valence-corrected chi connectivity index (χ3v) is 3.46. The molecular weight excluding hydrogens is 254 g/mol. The molecule has 5 N–H and O–H groups in total. The van der Waals surface area contributed by atoms with Crippen molar-refractivity contribution in [1.82, 2.24) is 0 Å². The number of aliphatic hydroxyl groups excluding tert-OH is 1. The van der Waals surface area contributed by atoms with E-state index in [4.69, 9.17) is 10.9 Å². The first-order chi connectivity index (χ1) is 8.20. The van der Waals surface area contributed by atoms with Crippen molar-refractivity contribution < 1.29 is 13.5 Å². The molecule has 0 aliphatic carbocycles. The van der Waals surface area contributed by atoms with Gasteiger partial charge in [-0.1, -0.05) is 0 Å². The second-order valence-electron chi connectivity index (χ2n) is 4.36. The van der Waals surface area contributed by atoms with Crippen molar-refractivity contribution in [3.63, 3.8) is 0 Å². The zero-order valence-corrected chi connectivity index (χ0v) is 11.3. The smallest absolute Gasteiger partial charge is 0.238 e. The molecule has 1 unspecified atom stereocenters. The van der Waals surface area contributed by atoms with E-state index in [0.717, 1.165) is 0 Å². The van der Waals surface area contributed by atoms with Gasteiger partial charge in [-0.2, -0.15) is 0 Å². The van der Waals surface area contributed by atoms with Crippen molar-refractivity contribution in [3.05, 3.63) is 18.2 Å². The summed E-state index contributed by atoms with van der Waals surface area (Å²) in [7, 11) is -1.97. The summed E-state index contributed by atoms with van der Waals surface area (Å²) in [6.45, 7) is 2.29. The average molecular weight is 273 g/mol. The van der Waals surface area contributed by atoms with Gasteiger partial charge in [0.2, 0.25) is 10.0 Å². The predicted octanol–water partition coefficient (Wildman–Crippen LogP) is 0.123. The average Bonchev–Trinajstić information content (AvgIpc) is 2.23. The van der Waals surface area contributed by atoms with Crippen molar-refractivity contribution >= 4 is 21.4 Å². The Bertz CT molecular complexity index is 514. The lowest BCUT2D eigenvalue weighted by Crippen LogP contribution is -2.22.